The Morgan fingerprint density at radius 2 is 1.14 bits per heavy atom. The molecule has 7 heteroatoms. The molecule has 0 radical (unpaired) electrons. The molecule has 0 saturated carbocycles. The Kier molecular flexibility index (Phi) is 3.55. The minimum atomic E-state index is -0.0695. The van der Waals surface area contributed by atoms with Gasteiger partial charge in [-0.2, -0.15) is 0 Å². The van der Waals surface area contributed by atoms with Crippen molar-refractivity contribution in [3.05, 3.63) is 71.5 Å². The van der Waals surface area contributed by atoms with E-state index >= 15 is 0 Å². The maximum absolute atomic E-state index is 13.1. The van der Waals surface area contributed by atoms with Crippen molar-refractivity contribution in [2.24, 2.45) is 14.1 Å². The largest absolute Gasteiger partial charge is 0.285 e. The quantitative estimate of drug-likeness (QED) is 0.479. The molecule has 7 nitrogen and oxygen atoms in total. The van der Waals surface area contributed by atoms with E-state index in [1.54, 1.807) is 36.5 Å². The molecule has 0 unspecified atom stereocenters. The fourth-order valence-electron chi connectivity index (χ4n) is 3.53. The fourth-order valence-corrected chi connectivity index (χ4v) is 3.53. The van der Waals surface area contributed by atoms with Gasteiger partial charge in [0, 0.05) is 44.4 Å². The van der Waals surface area contributed by atoms with Crippen molar-refractivity contribution >= 4 is 22.1 Å². The molecule has 3 aromatic heterocycles. The van der Waals surface area contributed by atoms with Gasteiger partial charge in [0.15, 0.2) is 0 Å². The fraction of sp³-hybridized carbons (Fsp3) is 0.0952. The Labute approximate surface area is 159 Å². The first-order chi connectivity index (χ1) is 13.6. The lowest BCUT2D eigenvalue weighted by molar-refractivity contribution is 0.584. The van der Waals surface area contributed by atoms with Gasteiger partial charge in [-0.15, -0.1) is 0 Å². The number of hydrogen-bond acceptors (Lipinski definition) is 5. The molecule has 136 valence electrons. The van der Waals surface area contributed by atoms with Crippen LogP contribution in [-0.4, -0.2) is 29.3 Å². The van der Waals surface area contributed by atoms with Crippen molar-refractivity contribution < 1.29 is 0 Å². The molecular formula is C21H16N6O. The van der Waals surface area contributed by atoms with Crippen molar-refractivity contribution in [1.82, 2.24) is 29.3 Å². The zero-order chi connectivity index (χ0) is 19.3. The Balaban J connectivity index is 1.80. The highest BCUT2D eigenvalue weighted by atomic mass is 16.1. The summed E-state index contributed by atoms with van der Waals surface area (Å²) < 4.78 is 3.46. The van der Waals surface area contributed by atoms with Gasteiger partial charge < -0.3 is 0 Å². The maximum atomic E-state index is 13.1. The second-order valence-electron chi connectivity index (χ2n) is 6.60. The second kappa shape index (κ2) is 6.09. The van der Waals surface area contributed by atoms with E-state index in [2.05, 4.69) is 19.9 Å². The highest BCUT2D eigenvalue weighted by Crippen LogP contribution is 2.32. The van der Waals surface area contributed by atoms with Crippen LogP contribution in [0.1, 0.15) is 0 Å². The second-order valence-corrected chi connectivity index (χ2v) is 6.60. The molecule has 0 aliphatic rings. The average Bonchev–Trinajstić information content (AvgIpc) is 2.97. The number of hydrogen-bond donors (Lipinski definition) is 0. The van der Waals surface area contributed by atoms with Crippen LogP contribution in [0.3, 0.4) is 0 Å². The first-order valence-electron chi connectivity index (χ1n) is 8.82. The van der Waals surface area contributed by atoms with E-state index in [-0.39, 0.29) is 5.56 Å². The van der Waals surface area contributed by atoms with Gasteiger partial charge in [-0.1, -0.05) is 12.1 Å². The normalized spacial score (nSPS) is 11.4. The van der Waals surface area contributed by atoms with Crippen LogP contribution in [0, 0.1) is 0 Å². The van der Waals surface area contributed by atoms with Crippen LogP contribution in [-0.2, 0) is 14.1 Å². The van der Waals surface area contributed by atoms with Gasteiger partial charge in [-0.05, 0) is 29.8 Å². The molecule has 28 heavy (non-hydrogen) atoms. The molecular weight excluding hydrogens is 352 g/mol. The highest BCUT2D eigenvalue weighted by molar-refractivity contribution is 5.89. The van der Waals surface area contributed by atoms with Gasteiger partial charge >= 0.3 is 0 Å². The first-order valence-corrected chi connectivity index (χ1v) is 8.82. The SMILES string of the molecule is Cn1c(-c2ccc3nccnc3c2)c(-c2ccc3nccnc3c2)c(=O)n1C. The number of rotatable bonds is 2. The third-order valence-electron chi connectivity index (χ3n) is 5.02. The smallest absolute Gasteiger partial charge is 0.274 e. The van der Waals surface area contributed by atoms with Gasteiger partial charge in [-0.3, -0.25) is 34.1 Å². The third-order valence-corrected chi connectivity index (χ3v) is 5.02. The molecule has 0 aliphatic heterocycles. The van der Waals surface area contributed by atoms with E-state index in [4.69, 9.17) is 0 Å². The molecule has 0 amide bonds. The summed E-state index contributed by atoms with van der Waals surface area (Å²) in [7, 11) is 3.64. The monoisotopic (exact) mass is 368 g/mol. The summed E-state index contributed by atoms with van der Waals surface area (Å²) in [5, 5.41) is 0. The predicted molar refractivity (Wildman–Crippen MR) is 108 cm³/mol. The number of aromatic nitrogens is 6. The summed E-state index contributed by atoms with van der Waals surface area (Å²) in [5.41, 5.74) is 6.24. The molecule has 0 aliphatic carbocycles. The van der Waals surface area contributed by atoms with Gasteiger partial charge in [0.1, 0.15) is 0 Å². The van der Waals surface area contributed by atoms with Crippen molar-refractivity contribution in [2.45, 2.75) is 0 Å². The van der Waals surface area contributed by atoms with E-state index in [1.165, 1.54) is 0 Å². The summed E-state index contributed by atoms with van der Waals surface area (Å²) in [5.74, 6) is 0. The Bertz CT molecular complexity index is 1420. The summed E-state index contributed by atoms with van der Waals surface area (Å²) in [4.78, 5) is 30.5. The molecule has 0 bridgehead atoms. The van der Waals surface area contributed by atoms with Crippen molar-refractivity contribution in [1.29, 1.82) is 0 Å². The van der Waals surface area contributed by atoms with E-state index < -0.39 is 0 Å². The lowest BCUT2D eigenvalue weighted by atomic mass is 10.0. The van der Waals surface area contributed by atoms with Crippen LogP contribution in [0.2, 0.25) is 0 Å². The molecule has 0 atom stereocenters. The zero-order valence-electron chi connectivity index (χ0n) is 15.4. The van der Waals surface area contributed by atoms with E-state index in [0.717, 1.165) is 38.9 Å². The summed E-state index contributed by atoms with van der Waals surface area (Å²) in [6.45, 7) is 0. The van der Waals surface area contributed by atoms with E-state index in [0.29, 0.717) is 5.56 Å². The van der Waals surface area contributed by atoms with Crippen LogP contribution in [0.5, 0.6) is 0 Å². The van der Waals surface area contributed by atoms with Gasteiger partial charge in [-0.25, -0.2) is 0 Å². The van der Waals surface area contributed by atoms with Crippen LogP contribution in [0.25, 0.3) is 44.5 Å². The van der Waals surface area contributed by atoms with Crippen LogP contribution < -0.4 is 5.56 Å². The standard InChI is InChI=1S/C21H16N6O/c1-26-20(14-4-6-16-18(12-14)25-10-8-23-16)19(21(28)27(26)2)13-3-5-15-17(11-13)24-9-7-22-15/h3-12H,1-2H3. The molecule has 0 fully saturated rings. The zero-order valence-corrected chi connectivity index (χ0v) is 15.4. The lowest BCUT2D eigenvalue weighted by Crippen LogP contribution is -2.17. The maximum Gasteiger partial charge on any atom is 0.274 e. The Morgan fingerprint density at radius 1 is 0.643 bits per heavy atom. The number of benzene rings is 2. The summed E-state index contributed by atoms with van der Waals surface area (Å²) in [6.07, 6.45) is 6.64. The number of fused-ring (bicyclic) bond motifs is 2. The van der Waals surface area contributed by atoms with E-state index in [9.17, 15) is 4.79 Å². The molecule has 0 saturated heterocycles. The van der Waals surface area contributed by atoms with Crippen molar-refractivity contribution in [3.63, 3.8) is 0 Å². The molecule has 2 aromatic carbocycles. The topological polar surface area (TPSA) is 78.5 Å². The van der Waals surface area contributed by atoms with Crippen molar-refractivity contribution in [3.8, 4) is 22.4 Å². The van der Waals surface area contributed by atoms with Gasteiger partial charge in [0.25, 0.3) is 5.56 Å². The van der Waals surface area contributed by atoms with Crippen LogP contribution in [0.15, 0.2) is 66.0 Å². The minimum absolute atomic E-state index is 0.0695. The van der Waals surface area contributed by atoms with Crippen molar-refractivity contribution in [2.75, 3.05) is 0 Å². The molecule has 5 rings (SSSR count). The summed E-state index contributed by atoms with van der Waals surface area (Å²) in [6, 6.07) is 11.6. The van der Waals surface area contributed by atoms with Crippen LogP contribution >= 0.6 is 0 Å². The van der Waals surface area contributed by atoms with Crippen LogP contribution in [0.4, 0.5) is 0 Å². The summed E-state index contributed by atoms with van der Waals surface area (Å²) >= 11 is 0. The average molecular weight is 368 g/mol. The first kappa shape index (κ1) is 16.3. The molecule has 0 N–H and O–H groups in total. The van der Waals surface area contributed by atoms with E-state index in [1.807, 2.05) is 48.1 Å². The Morgan fingerprint density at radius 3 is 1.75 bits per heavy atom. The highest BCUT2D eigenvalue weighted by Gasteiger charge is 2.20. The predicted octanol–water partition coefficient (Wildman–Crippen LogP) is 2.94. The third kappa shape index (κ3) is 2.40. The molecule has 0 spiro atoms. The molecule has 5 aromatic rings. The molecule has 3 heterocycles. The Hall–Kier alpha value is -3.87. The van der Waals surface area contributed by atoms with Gasteiger partial charge in [0.05, 0.1) is 33.3 Å². The minimum Gasteiger partial charge on any atom is -0.285 e. The number of nitrogens with zero attached hydrogens (tertiary/aromatic N) is 6. The van der Waals surface area contributed by atoms with Gasteiger partial charge in [0.2, 0.25) is 0 Å². The lowest BCUT2D eigenvalue weighted by Gasteiger charge is -2.09.